The second-order valence-corrected chi connectivity index (χ2v) is 5.17. The SMILES string of the molecule is NCC12CCCCC1CCC2CCO. The lowest BCUT2D eigenvalue weighted by atomic mass is 9.63. The zero-order chi connectivity index (χ0) is 10.0. The molecule has 3 unspecified atom stereocenters. The fourth-order valence-corrected chi connectivity index (χ4v) is 4.02. The van der Waals surface area contributed by atoms with Crippen molar-refractivity contribution in [3.8, 4) is 0 Å². The summed E-state index contributed by atoms with van der Waals surface area (Å²) in [7, 11) is 0. The molecule has 0 bridgehead atoms. The van der Waals surface area contributed by atoms with Gasteiger partial charge < -0.3 is 10.8 Å². The summed E-state index contributed by atoms with van der Waals surface area (Å²) in [5.74, 6) is 1.58. The van der Waals surface area contributed by atoms with Crippen LogP contribution in [0.1, 0.15) is 44.9 Å². The molecule has 0 aromatic rings. The van der Waals surface area contributed by atoms with E-state index in [0.29, 0.717) is 17.9 Å². The van der Waals surface area contributed by atoms with Crippen molar-refractivity contribution in [3.63, 3.8) is 0 Å². The van der Waals surface area contributed by atoms with Crippen LogP contribution in [-0.4, -0.2) is 18.3 Å². The van der Waals surface area contributed by atoms with Gasteiger partial charge in [0.2, 0.25) is 0 Å². The van der Waals surface area contributed by atoms with Gasteiger partial charge in [-0.2, -0.15) is 0 Å². The van der Waals surface area contributed by atoms with Crippen LogP contribution in [0.2, 0.25) is 0 Å². The Bertz CT molecular complexity index is 195. The van der Waals surface area contributed by atoms with E-state index in [2.05, 4.69) is 0 Å². The third-order valence-electron chi connectivity index (χ3n) is 4.79. The molecule has 2 saturated carbocycles. The van der Waals surface area contributed by atoms with Gasteiger partial charge >= 0.3 is 0 Å². The molecule has 14 heavy (non-hydrogen) atoms. The molecule has 3 N–H and O–H groups in total. The van der Waals surface area contributed by atoms with Crippen LogP contribution in [0.15, 0.2) is 0 Å². The van der Waals surface area contributed by atoms with Crippen molar-refractivity contribution in [2.24, 2.45) is 23.0 Å². The van der Waals surface area contributed by atoms with E-state index in [-0.39, 0.29) is 0 Å². The topological polar surface area (TPSA) is 46.2 Å². The number of rotatable bonds is 3. The van der Waals surface area contributed by atoms with Crippen LogP contribution in [-0.2, 0) is 0 Å². The second-order valence-electron chi connectivity index (χ2n) is 5.17. The predicted molar refractivity (Wildman–Crippen MR) is 57.9 cm³/mol. The number of aliphatic hydroxyl groups is 1. The van der Waals surface area contributed by atoms with Gasteiger partial charge in [-0.1, -0.05) is 12.8 Å². The lowest BCUT2D eigenvalue weighted by Crippen LogP contribution is -2.41. The van der Waals surface area contributed by atoms with Gasteiger partial charge in [0.05, 0.1) is 0 Å². The quantitative estimate of drug-likeness (QED) is 0.726. The van der Waals surface area contributed by atoms with Crippen LogP contribution in [0, 0.1) is 17.3 Å². The monoisotopic (exact) mass is 197 g/mol. The summed E-state index contributed by atoms with van der Waals surface area (Å²) in [5, 5.41) is 9.09. The molecular formula is C12H23NO. The van der Waals surface area contributed by atoms with Gasteiger partial charge in [0.15, 0.2) is 0 Å². The number of hydrogen-bond acceptors (Lipinski definition) is 2. The maximum absolute atomic E-state index is 9.09. The lowest BCUT2D eigenvalue weighted by molar-refractivity contribution is 0.0713. The maximum Gasteiger partial charge on any atom is 0.0433 e. The van der Waals surface area contributed by atoms with E-state index in [4.69, 9.17) is 10.8 Å². The predicted octanol–water partition coefficient (Wildman–Crippen LogP) is 1.91. The minimum absolute atomic E-state index is 0.346. The summed E-state index contributed by atoms with van der Waals surface area (Å²) in [6.07, 6.45) is 9.11. The highest BCUT2D eigenvalue weighted by molar-refractivity contribution is 5.00. The molecule has 0 aliphatic heterocycles. The van der Waals surface area contributed by atoms with Gasteiger partial charge in [-0.25, -0.2) is 0 Å². The third kappa shape index (κ3) is 1.49. The Balaban J connectivity index is 2.12. The summed E-state index contributed by atoms with van der Waals surface area (Å²) in [5.41, 5.74) is 6.44. The van der Waals surface area contributed by atoms with Gasteiger partial charge in [-0.3, -0.25) is 0 Å². The number of aliphatic hydroxyl groups excluding tert-OH is 1. The van der Waals surface area contributed by atoms with Gasteiger partial charge in [0.25, 0.3) is 0 Å². The molecule has 2 aliphatic rings. The van der Waals surface area contributed by atoms with E-state index in [0.717, 1.165) is 18.9 Å². The highest BCUT2D eigenvalue weighted by atomic mass is 16.3. The summed E-state index contributed by atoms with van der Waals surface area (Å²) in [4.78, 5) is 0. The first-order valence-corrected chi connectivity index (χ1v) is 6.14. The highest BCUT2D eigenvalue weighted by Crippen LogP contribution is 2.56. The van der Waals surface area contributed by atoms with Gasteiger partial charge in [-0.15, -0.1) is 0 Å². The van der Waals surface area contributed by atoms with E-state index < -0.39 is 0 Å². The maximum atomic E-state index is 9.09. The molecule has 2 rings (SSSR count). The first kappa shape index (κ1) is 10.4. The number of fused-ring (bicyclic) bond motifs is 1. The number of hydrogen-bond donors (Lipinski definition) is 2. The molecule has 0 heterocycles. The molecule has 0 amide bonds. The minimum atomic E-state index is 0.346. The van der Waals surface area contributed by atoms with Crippen LogP contribution in [0.4, 0.5) is 0 Å². The van der Waals surface area contributed by atoms with Crippen LogP contribution in [0.3, 0.4) is 0 Å². The van der Waals surface area contributed by atoms with Gasteiger partial charge in [-0.05, 0) is 55.9 Å². The van der Waals surface area contributed by atoms with E-state index >= 15 is 0 Å². The lowest BCUT2D eigenvalue weighted by Gasteiger charge is -2.43. The van der Waals surface area contributed by atoms with Crippen molar-refractivity contribution < 1.29 is 5.11 Å². The summed E-state index contributed by atoms with van der Waals surface area (Å²) < 4.78 is 0. The van der Waals surface area contributed by atoms with Crippen molar-refractivity contribution in [3.05, 3.63) is 0 Å². The van der Waals surface area contributed by atoms with Crippen molar-refractivity contribution in [2.45, 2.75) is 44.9 Å². The first-order valence-electron chi connectivity index (χ1n) is 6.14. The fraction of sp³-hybridized carbons (Fsp3) is 1.00. The standard InChI is InChI=1S/C12H23NO/c13-9-12-7-2-1-3-10(12)4-5-11(12)6-8-14/h10-11,14H,1-9,13H2. The van der Waals surface area contributed by atoms with Crippen LogP contribution >= 0.6 is 0 Å². The minimum Gasteiger partial charge on any atom is -0.396 e. The smallest absolute Gasteiger partial charge is 0.0433 e. The van der Waals surface area contributed by atoms with Crippen LogP contribution < -0.4 is 5.73 Å². The van der Waals surface area contributed by atoms with E-state index in [1.54, 1.807) is 0 Å². The highest BCUT2D eigenvalue weighted by Gasteiger charge is 2.49. The molecule has 2 heteroatoms. The molecule has 2 fully saturated rings. The van der Waals surface area contributed by atoms with E-state index in [1.165, 1.54) is 38.5 Å². The van der Waals surface area contributed by atoms with E-state index in [9.17, 15) is 0 Å². The molecule has 0 radical (unpaired) electrons. The third-order valence-corrected chi connectivity index (χ3v) is 4.79. The molecular weight excluding hydrogens is 174 g/mol. The van der Waals surface area contributed by atoms with Crippen molar-refractivity contribution >= 4 is 0 Å². The van der Waals surface area contributed by atoms with Crippen LogP contribution in [0.25, 0.3) is 0 Å². The van der Waals surface area contributed by atoms with Gasteiger partial charge in [0, 0.05) is 6.61 Å². The molecule has 2 nitrogen and oxygen atoms in total. The average Bonchev–Trinajstić information content (AvgIpc) is 2.59. The summed E-state index contributed by atoms with van der Waals surface area (Å²) >= 11 is 0. The zero-order valence-corrected chi connectivity index (χ0v) is 9.04. The normalized spacial score (nSPS) is 42.4. The van der Waals surface area contributed by atoms with Gasteiger partial charge in [0.1, 0.15) is 0 Å². The fourth-order valence-electron chi connectivity index (χ4n) is 4.02. The molecule has 0 spiro atoms. The Morgan fingerprint density at radius 1 is 1.21 bits per heavy atom. The molecule has 0 aromatic carbocycles. The second kappa shape index (κ2) is 4.19. The molecule has 0 aromatic heterocycles. The summed E-state index contributed by atoms with van der Waals surface area (Å²) in [6, 6.07) is 0. The van der Waals surface area contributed by atoms with Crippen LogP contribution in [0.5, 0.6) is 0 Å². The van der Waals surface area contributed by atoms with Crippen molar-refractivity contribution in [2.75, 3.05) is 13.2 Å². The number of nitrogens with two attached hydrogens (primary N) is 1. The largest absolute Gasteiger partial charge is 0.396 e. The Labute approximate surface area is 86.9 Å². The van der Waals surface area contributed by atoms with Crippen molar-refractivity contribution in [1.82, 2.24) is 0 Å². The molecule has 0 saturated heterocycles. The first-order chi connectivity index (χ1) is 6.83. The molecule has 2 aliphatic carbocycles. The Hall–Kier alpha value is -0.0800. The summed E-state index contributed by atoms with van der Waals surface area (Å²) in [6.45, 7) is 1.20. The molecule has 3 atom stereocenters. The Morgan fingerprint density at radius 2 is 2.07 bits per heavy atom. The average molecular weight is 197 g/mol. The van der Waals surface area contributed by atoms with E-state index in [1.807, 2.05) is 0 Å². The van der Waals surface area contributed by atoms with Crippen molar-refractivity contribution in [1.29, 1.82) is 0 Å². The molecule has 82 valence electrons. The Kier molecular flexibility index (Phi) is 3.13. The Morgan fingerprint density at radius 3 is 2.79 bits per heavy atom. The zero-order valence-electron chi connectivity index (χ0n) is 9.04.